The Morgan fingerprint density at radius 3 is 2.62 bits per heavy atom. The first-order valence-electron chi connectivity index (χ1n) is 4.65. The zero-order chi connectivity index (χ0) is 10.3. The Hall–Kier alpha value is -0.553. The summed E-state index contributed by atoms with van der Waals surface area (Å²) in [4.78, 5) is 10.3. The molecule has 0 aliphatic heterocycles. The minimum atomic E-state index is -1.47. The van der Waals surface area contributed by atoms with Gasteiger partial charge in [-0.1, -0.05) is 0 Å². The topological polar surface area (TPSA) is 64.3 Å². The molecule has 0 aliphatic carbocycles. The summed E-state index contributed by atoms with van der Waals surface area (Å²) in [6.45, 7) is 7.80. The molecular formula is C8H20N2O2Si. The smallest absolute Gasteiger partial charge is 0.312 e. The van der Waals surface area contributed by atoms with Gasteiger partial charge in [0, 0.05) is 13.2 Å². The number of primary amides is 1. The monoisotopic (exact) mass is 204 g/mol. The molecule has 0 rings (SSSR count). The van der Waals surface area contributed by atoms with Gasteiger partial charge in [-0.05, 0) is 32.5 Å². The van der Waals surface area contributed by atoms with Gasteiger partial charge in [-0.2, -0.15) is 0 Å². The molecule has 0 atom stereocenters. The van der Waals surface area contributed by atoms with Crippen molar-refractivity contribution in [1.82, 2.24) is 5.32 Å². The summed E-state index contributed by atoms with van der Waals surface area (Å²) in [5, 5.41) is 2.57. The van der Waals surface area contributed by atoms with Crippen molar-refractivity contribution in [1.29, 1.82) is 0 Å². The van der Waals surface area contributed by atoms with Crippen LogP contribution < -0.4 is 11.1 Å². The average molecular weight is 204 g/mol. The van der Waals surface area contributed by atoms with E-state index in [2.05, 4.69) is 18.4 Å². The van der Waals surface area contributed by atoms with Crippen LogP contribution in [0.3, 0.4) is 0 Å². The van der Waals surface area contributed by atoms with E-state index in [4.69, 9.17) is 10.2 Å². The lowest BCUT2D eigenvalue weighted by atomic mass is 10.5. The Kier molecular flexibility index (Phi) is 5.73. The van der Waals surface area contributed by atoms with Crippen molar-refractivity contribution in [3.05, 3.63) is 0 Å². The van der Waals surface area contributed by atoms with Crippen molar-refractivity contribution >= 4 is 14.3 Å². The van der Waals surface area contributed by atoms with Crippen molar-refractivity contribution in [3.63, 3.8) is 0 Å². The first-order valence-corrected chi connectivity index (χ1v) is 7.77. The van der Waals surface area contributed by atoms with Crippen molar-refractivity contribution in [2.45, 2.75) is 32.5 Å². The highest BCUT2D eigenvalue weighted by atomic mass is 28.4. The Morgan fingerprint density at radius 2 is 2.15 bits per heavy atom. The van der Waals surface area contributed by atoms with Crippen LogP contribution in [0.15, 0.2) is 0 Å². The highest BCUT2D eigenvalue weighted by Gasteiger charge is 2.20. The number of rotatable bonds is 6. The van der Waals surface area contributed by atoms with Gasteiger partial charge in [-0.25, -0.2) is 4.79 Å². The van der Waals surface area contributed by atoms with Gasteiger partial charge in [-0.15, -0.1) is 0 Å². The normalized spacial score (nSPS) is 11.3. The number of hydrogen-bond donors (Lipinski definition) is 2. The van der Waals surface area contributed by atoms with E-state index >= 15 is 0 Å². The maximum Gasteiger partial charge on any atom is 0.312 e. The Balaban J connectivity index is 3.45. The summed E-state index contributed by atoms with van der Waals surface area (Å²) >= 11 is 0. The molecule has 2 amide bonds. The van der Waals surface area contributed by atoms with E-state index in [1.807, 2.05) is 6.92 Å². The van der Waals surface area contributed by atoms with Crippen LogP contribution in [0.5, 0.6) is 0 Å². The Bertz CT molecular complexity index is 162. The molecule has 0 radical (unpaired) electrons. The number of carbonyl (C=O) groups excluding carboxylic acids is 1. The van der Waals surface area contributed by atoms with Crippen LogP contribution in [-0.2, 0) is 4.43 Å². The lowest BCUT2D eigenvalue weighted by Crippen LogP contribution is -2.34. The van der Waals surface area contributed by atoms with Gasteiger partial charge in [-0.3, -0.25) is 0 Å². The van der Waals surface area contributed by atoms with E-state index in [1.54, 1.807) is 0 Å². The molecule has 0 saturated heterocycles. The molecule has 5 heteroatoms. The van der Waals surface area contributed by atoms with Gasteiger partial charge < -0.3 is 15.5 Å². The summed E-state index contributed by atoms with van der Waals surface area (Å²) in [7, 11) is -1.47. The largest absolute Gasteiger partial charge is 0.418 e. The number of carbonyl (C=O) groups is 1. The fourth-order valence-corrected chi connectivity index (χ4v) is 3.14. The molecule has 0 spiro atoms. The van der Waals surface area contributed by atoms with Crippen LogP contribution in [-0.4, -0.2) is 27.5 Å². The molecular weight excluding hydrogens is 184 g/mol. The third kappa shape index (κ3) is 7.80. The third-order valence-corrected chi connectivity index (χ3v) is 4.42. The molecule has 78 valence electrons. The molecule has 4 nitrogen and oxygen atoms in total. The van der Waals surface area contributed by atoms with Gasteiger partial charge in [0.05, 0.1) is 0 Å². The van der Waals surface area contributed by atoms with E-state index in [0.717, 1.165) is 19.1 Å². The zero-order valence-electron chi connectivity index (χ0n) is 8.72. The molecule has 0 unspecified atom stereocenters. The van der Waals surface area contributed by atoms with Crippen LogP contribution in [0, 0.1) is 0 Å². The molecule has 13 heavy (non-hydrogen) atoms. The summed E-state index contributed by atoms with van der Waals surface area (Å²) in [6, 6.07) is 0.608. The second-order valence-electron chi connectivity index (χ2n) is 3.59. The summed E-state index contributed by atoms with van der Waals surface area (Å²) in [5.41, 5.74) is 4.93. The minimum Gasteiger partial charge on any atom is -0.418 e. The maximum absolute atomic E-state index is 10.3. The van der Waals surface area contributed by atoms with Gasteiger partial charge in [0.25, 0.3) is 0 Å². The first kappa shape index (κ1) is 12.4. The van der Waals surface area contributed by atoms with Gasteiger partial charge in [0.2, 0.25) is 0 Å². The van der Waals surface area contributed by atoms with E-state index < -0.39 is 14.3 Å². The van der Waals surface area contributed by atoms with E-state index in [9.17, 15) is 4.79 Å². The van der Waals surface area contributed by atoms with Crippen LogP contribution in [0.1, 0.15) is 13.3 Å². The highest BCUT2D eigenvalue weighted by molar-refractivity contribution is 6.71. The maximum atomic E-state index is 10.3. The number of nitrogens with one attached hydrogen (secondary N) is 1. The van der Waals surface area contributed by atoms with Crippen LogP contribution >= 0.6 is 0 Å². The number of hydrogen-bond acceptors (Lipinski definition) is 2. The van der Waals surface area contributed by atoms with Gasteiger partial charge in [0.1, 0.15) is 0 Å². The van der Waals surface area contributed by atoms with Crippen molar-refractivity contribution < 1.29 is 9.22 Å². The number of urea groups is 1. The van der Waals surface area contributed by atoms with Crippen molar-refractivity contribution in [2.24, 2.45) is 5.73 Å². The second kappa shape index (κ2) is 5.99. The predicted molar refractivity (Wildman–Crippen MR) is 56.1 cm³/mol. The lowest BCUT2D eigenvalue weighted by Gasteiger charge is -2.21. The third-order valence-electron chi connectivity index (χ3n) is 1.79. The lowest BCUT2D eigenvalue weighted by molar-refractivity contribution is 0.249. The molecule has 0 heterocycles. The summed E-state index contributed by atoms with van der Waals surface area (Å²) in [5.74, 6) is 0. The van der Waals surface area contributed by atoms with Gasteiger partial charge in [0.15, 0.2) is 8.32 Å². The molecule has 0 aromatic heterocycles. The predicted octanol–water partition coefficient (Wildman–Crippen LogP) is 1.29. The molecule has 0 aliphatic rings. The van der Waals surface area contributed by atoms with Crippen LogP contribution in [0.25, 0.3) is 0 Å². The SMILES string of the molecule is CCO[Si](C)(C)CCCNC(N)=O. The molecule has 0 aromatic rings. The van der Waals surface area contributed by atoms with E-state index in [1.165, 1.54) is 0 Å². The Labute approximate surface area is 81.0 Å². The molecule has 0 saturated carbocycles. The zero-order valence-corrected chi connectivity index (χ0v) is 9.72. The quantitative estimate of drug-likeness (QED) is 0.506. The van der Waals surface area contributed by atoms with Gasteiger partial charge >= 0.3 is 6.03 Å². The first-order chi connectivity index (χ1) is 5.98. The molecule has 0 bridgehead atoms. The summed E-state index contributed by atoms with van der Waals surface area (Å²) in [6.07, 6.45) is 0.947. The van der Waals surface area contributed by atoms with Crippen molar-refractivity contribution in [2.75, 3.05) is 13.2 Å². The number of amides is 2. The summed E-state index contributed by atoms with van der Waals surface area (Å²) < 4.78 is 5.63. The Morgan fingerprint density at radius 1 is 1.54 bits per heavy atom. The number of nitrogens with two attached hydrogens (primary N) is 1. The molecule has 0 aromatic carbocycles. The fourth-order valence-electron chi connectivity index (χ4n) is 1.19. The molecule has 3 N–H and O–H groups in total. The van der Waals surface area contributed by atoms with E-state index in [-0.39, 0.29) is 0 Å². The minimum absolute atomic E-state index is 0.448. The second-order valence-corrected chi connectivity index (χ2v) is 7.90. The van der Waals surface area contributed by atoms with Crippen LogP contribution in [0.2, 0.25) is 19.1 Å². The average Bonchev–Trinajstić information content (AvgIpc) is 1.98. The molecule has 0 fully saturated rings. The standard InChI is InChI=1S/C8H20N2O2Si/c1-4-12-13(2,3)7-5-6-10-8(9)11/h4-7H2,1-3H3,(H3,9,10,11). The van der Waals surface area contributed by atoms with Crippen molar-refractivity contribution in [3.8, 4) is 0 Å². The van der Waals surface area contributed by atoms with Crippen LogP contribution in [0.4, 0.5) is 4.79 Å². The fraction of sp³-hybridized carbons (Fsp3) is 0.875. The van der Waals surface area contributed by atoms with E-state index in [0.29, 0.717) is 6.54 Å². The highest BCUT2D eigenvalue weighted by Crippen LogP contribution is 2.12.